The lowest BCUT2D eigenvalue weighted by Crippen LogP contribution is -2.08. The Morgan fingerprint density at radius 3 is 2.89 bits per heavy atom. The molecule has 0 bridgehead atoms. The van der Waals surface area contributed by atoms with Gasteiger partial charge < -0.3 is 10.4 Å². The number of carbonyl (C=O) groups is 1. The maximum Gasteiger partial charge on any atom is 0.354 e. The summed E-state index contributed by atoms with van der Waals surface area (Å²) < 4.78 is 0. The zero-order valence-corrected chi connectivity index (χ0v) is 9.79. The summed E-state index contributed by atoms with van der Waals surface area (Å²) >= 11 is 0. The van der Waals surface area contributed by atoms with Crippen LogP contribution in [0.5, 0.6) is 0 Å². The van der Waals surface area contributed by atoms with Crippen LogP contribution in [0, 0.1) is 6.92 Å². The Hall–Kier alpha value is -2.50. The van der Waals surface area contributed by atoms with Crippen LogP contribution in [0.1, 0.15) is 22.0 Å². The van der Waals surface area contributed by atoms with Gasteiger partial charge in [-0.1, -0.05) is 6.07 Å². The molecular formula is C12H12N4O2. The quantitative estimate of drug-likeness (QED) is 0.847. The predicted molar refractivity (Wildman–Crippen MR) is 65.3 cm³/mol. The third-order valence-electron chi connectivity index (χ3n) is 2.23. The number of anilines is 1. The summed E-state index contributed by atoms with van der Waals surface area (Å²) in [4.78, 5) is 22.9. The van der Waals surface area contributed by atoms with E-state index < -0.39 is 5.97 Å². The second-order valence-corrected chi connectivity index (χ2v) is 3.67. The molecule has 0 aromatic carbocycles. The van der Waals surface area contributed by atoms with Crippen molar-refractivity contribution in [2.75, 3.05) is 5.32 Å². The normalized spacial score (nSPS) is 10.1. The Morgan fingerprint density at radius 2 is 2.22 bits per heavy atom. The van der Waals surface area contributed by atoms with Crippen LogP contribution in [0.15, 0.2) is 30.5 Å². The molecule has 0 spiro atoms. The second-order valence-electron chi connectivity index (χ2n) is 3.67. The molecule has 6 nitrogen and oxygen atoms in total. The van der Waals surface area contributed by atoms with Crippen molar-refractivity contribution in [3.05, 3.63) is 47.7 Å². The molecule has 18 heavy (non-hydrogen) atoms. The van der Waals surface area contributed by atoms with E-state index in [2.05, 4.69) is 20.3 Å². The van der Waals surface area contributed by atoms with E-state index in [-0.39, 0.29) is 5.69 Å². The highest BCUT2D eigenvalue weighted by atomic mass is 16.4. The standard InChI is InChI=1S/C12H12N4O2/c1-8-15-10(12(17)18)6-11(16-8)14-7-9-4-2-3-5-13-9/h2-6H,7H2,1H3,(H,17,18)(H,14,15,16). The Labute approximate surface area is 104 Å². The summed E-state index contributed by atoms with van der Waals surface area (Å²) in [6, 6.07) is 7.00. The van der Waals surface area contributed by atoms with Crippen LogP contribution in [-0.4, -0.2) is 26.0 Å². The Balaban J connectivity index is 2.12. The molecule has 0 amide bonds. The SMILES string of the molecule is Cc1nc(NCc2ccccn2)cc(C(=O)O)n1. The van der Waals surface area contributed by atoms with Gasteiger partial charge in [0.05, 0.1) is 12.2 Å². The molecular weight excluding hydrogens is 232 g/mol. The number of hydrogen-bond acceptors (Lipinski definition) is 5. The molecule has 2 N–H and O–H groups in total. The van der Waals surface area contributed by atoms with E-state index in [4.69, 9.17) is 5.11 Å². The van der Waals surface area contributed by atoms with Gasteiger partial charge in [-0.05, 0) is 19.1 Å². The lowest BCUT2D eigenvalue weighted by atomic mass is 10.3. The first-order chi connectivity index (χ1) is 8.65. The summed E-state index contributed by atoms with van der Waals surface area (Å²) in [6.45, 7) is 2.13. The fourth-order valence-corrected chi connectivity index (χ4v) is 1.45. The van der Waals surface area contributed by atoms with Crippen LogP contribution in [0.2, 0.25) is 0 Å². The molecule has 2 aromatic rings. The molecule has 92 valence electrons. The highest BCUT2D eigenvalue weighted by Crippen LogP contribution is 2.08. The van der Waals surface area contributed by atoms with Crippen molar-refractivity contribution >= 4 is 11.8 Å². The molecule has 0 atom stereocenters. The number of aryl methyl sites for hydroxylation is 1. The Bertz CT molecular complexity index is 557. The van der Waals surface area contributed by atoms with Gasteiger partial charge in [0.1, 0.15) is 11.6 Å². The van der Waals surface area contributed by atoms with Crippen molar-refractivity contribution in [1.29, 1.82) is 0 Å². The van der Waals surface area contributed by atoms with Crippen LogP contribution >= 0.6 is 0 Å². The van der Waals surface area contributed by atoms with Gasteiger partial charge in [0, 0.05) is 12.3 Å². The minimum atomic E-state index is -1.07. The number of aromatic nitrogens is 3. The zero-order chi connectivity index (χ0) is 13.0. The summed E-state index contributed by atoms with van der Waals surface area (Å²) in [6.07, 6.45) is 1.70. The lowest BCUT2D eigenvalue weighted by molar-refractivity contribution is 0.0690. The average Bonchev–Trinajstić information content (AvgIpc) is 2.37. The molecule has 0 saturated carbocycles. The minimum absolute atomic E-state index is 0.0222. The first kappa shape index (κ1) is 12.0. The third kappa shape index (κ3) is 3.00. The van der Waals surface area contributed by atoms with Crippen LogP contribution in [0.4, 0.5) is 5.82 Å². The first-order valence-electron chi connectivity index (χ1n) is 5.38. The molecule has 2 rings (SSSR count). The van der Waals surface area contributed by atoms with Crippen molar-refractivity contribution in [2.45, 2.75) is 13.5 Å². The molecule has 0 aliphatic carbocycles. The van der Waals surface area contributed by atoms with E-state index in [0.717, 1.165) is 5.69 Å². The van der Waals surface area contributed by atoms with Crippen LogP contribution in [-0.2, 0) is 6.54 Å². The lowest BCUT2D eigenvalue weighted by Gasteiger charge is -2.06. The van der Waals surface area contributed by atoms with Gasteiger partial charge in [-0.25, -0.2) is 14.8 Å². The molecule has 0 unspecified atom stereocenters. The van der Waals surface area contributed by atoms with Crippen molar-refractivity contribution < 1.29 is 9.90 Å². The fourth-order valence-electron chi connectivity index (χ4n) is 1.45. The monoisotopic (exact) mass is 244 g/mol. The largest absolute Gasteiger partial charge is 0.477 e. The summed E-state index contributed by atoms with van der Waals surface area (Å²) in [5.74, 6) is -0.176. The van der Waals surface area contributed by atoms with E-state index in [9.17, 15) is 4.79 Å². The maximum atomic E-state index is 10.8. The molecule has 0 saturated heterocycles. The van der Waals surface area contributed by atoms with Crippen LogP contribution in [0.25, 0.3) is 0 Å². The number of hydrogen-bond donors (Lipinski definition) is 2. The number of nitrogens with zero attached hydrogens (tertiary/aromatic N) is 3. The summed E-state index contributed by atoms with van der Waals surface area (Å²) in [7, 11) is 0. The molecule has 2 aromatic heterocycles. The number of carboxylic acids is 1. The van der Waals surface area contributed by atoms with Crippen molar-refractivity contribution in [2.24, 2.45) is 0 Å². The van der Waals surface area contributed by atoms with E-state index >= 15 is 0 Å². The number of nitrogens with one attached hydrogen (secondary N) is 1. The van der Waals surface area contributed by atoms with Crippen LogP contribution < -0.4 is 5.32 Å². The fraction of sp³-hybridized carbons (Fsp3) is 0.167. The van der Waals surface area contributed by atoms with Crippen LogP contribution in [0.3, 0.4) is 0 Å². The minimum Gasteiger partial charge on any atom is -0.477 e. The smallest absolute Gasteiger partial charge is 0.354 e. The summed E-state index contributed by atoms with van der Waals surface area (Å²) in [5.41, 5.74) is 0.830. The molecule has 6 heteroatoms. The van der Waals surface area contributed by atoms with Gasteiger partial charge >= 0.3 is 5.97 Å². The number of pyridine rings is 1. The zero-order valence-electron chi connectivity index (χ0n) is 9.79. The van der Waals surface area contributed by atoms with Crippen molar-refractivity contribution in [3.8, 4) is 0 Å². The summed E-state index contributed by atoms with van der Waals surface area (Å²) in [5, 5.41) is 11.9. The van der Waals surface area contributed by atoms with E-state index in [1.165, 1.54) is 6.07 Å². The topological polar surface area (TPSA) is 88.0 Å². The van der Waals surface area contributed by atoms with Crippen molar-refractivity contribution in [3.63, 3.8) is 0 Å². The number of rotatable bonds is 4. The Kier molecular flexibility index (Phi) is 3.47. The number of carboxylic acid groups (broad SMARTS) is 1. The first-order valence-corrected chi connectivity index (χ1v) is 5.38. The second kappa shape index (κ2) is 5.22. The Morgan fingerprint density at radius 1 is 1.39 bits per heavy atom. The van der Waals surface area contributed by atoms with E-state index in [0.29, 0.717) is 18.2 Å². The predicted octanol–water partition coefficient (Wildman–Crippen LogP) is 1.49. The van der Waals surface area contributed by atoms with Crippen molar-refractivity contribution in [1.82, 2.24) is 15.0 Å². The molecule has 0 aliphatic rings. The van der Waals surface area contributed by atoms with Gasteiger partial charge in [0.15, 0.2) is 5.69 Å². The van der Waals surface area contributed by atoms with E-state index in [1.54, 1.807) is 13.1 Å². The number of aromatic carboxylic acids is 1. The molecule has 0 aliphatic heterocycles. The molecule has 0 fully saturated rings. The highest BCUT2D eigenvalue weighted by Gasteiger charge is 2.08. The van der Waals surface area contributed by atoms with Gasteiger partial charge in [-0.2, -0.15) is 0 Å². The van der Waals surface area contributed by atoms with Gasteiger partial charge in [0.25, 0.3) is 0 Å². The average molecular weight is 244 g/mol. The van der Waals surface area contributed by atoms with E-state index in [1.807, 2.05) is 18.2 Å². The maximum absolute atomic E-state index is 10.8. The highest BCUT2D eigenvalue weighted by molar-refractivity contribution is 5.86. The van der Waals surface area contributed by atoms with Gasteiger partial charge in [-0.15, -0.1) is 0 Å². The molecule has 0 radical (unpaired) electrons. The third-order valence-corrected chi connectivity index (χ3v) is 2.23. The van der Waals surface area contributed by atoms with Gasteiger partial charge in [-0.3, -0.25) is 4.98 Å². The van der Waals surface area contributed by atoms with Gasteiger partial charge in [0.2, 0.25) is 0 Å². The molecule has 2 heterocycles.